The third kappa shape index (κ3) is 5.13. The normalized spacial score (nSPS) is 16.6. The van der Waals surface area contributed by atoms with Crippen molar-refractivity contribution >= 4 is 17.9 Å². The van der Waals surface area contributed by atoms with E-state index in [1.54, 1.807) is 0 Å². The minimum atomic E-state index is 0.634. The van der Waals surface area contributed by atoms with E-state index in [0.29, 0.717) is 6.54 Å². The van der Waals surface area contributed by atoms with E-state index in [9.17, 15) is 0 Å². The first-order chi connectivity index (χ1) is 13.3. The quantitative estimate of drug-likeness (QED) is 0.585. The predicted molar refractivity (Wildman–Crippen MR) is 117 cm³/mol. The predicted octanol–water partition coefficient (Wildman–Crippen LogP) is 6.36. The number of aromatic nitrogens is 1. The summed E-state index contributed by atoms with van der Waals surface area (Å²) >= 11 is 0. The summed E-state index contributed by atoms with van der Waals surface area (Å²) in [7, 11) is 0. The van der Waals surface area contributed by atoms with Crippen LogP contribution in [0.4, 0.5) is 0 Å². The first kappa shape index (κ1) is 19.0. The first-order valence-corrected chi connectivity index (χ1v) is 9.77. The van der Waals surface area contributed by atoms with E-state index in [-0.39, 0.29) is 0 Å². The molecule has 2 aromatic rings. The average Bonchev–Trinajstić information content (AvgIpc) is 2.69. The molecule has 0 saturated heterocycles. The van der Waals surface area contributed by atoms with Gasteiger partial charge in [0.1, 0.15) is 0 Å². The summed E-state index contributed by atoms with van der Waals surface area (Å²) in [5.41, 5.74) is 7.64. The van der Waals surface area contributed by atoms with Crippen molar-refractivity contribution < 1.29 is 0 Å². The third-order valence-corrected chi connectivity index (χ3v) is 4.97. The van der Waals surface area contributed by atoms with Crippen LogP contribution in [0.5, 0.6) is 0 Å². The Hall–Kier alpha value is -2.74. The molecule has 2 heteroatoms. The van der Waals surface area contributed by atoms with Crippen molar-refractivity contribution in [3.63, 3.8) is 0 Å². The number of rotatable bonds is 4. The lowest BCUT2D eigenvalue weighted by molar-refractivity contribution is 0.924. The van der Waals surface area contributed by atoms with Gasteiger partial charge in [-0.2, -0.15) is 0 Å². The monoisotopic (exact) mass is 356 g/mol. The largest absolute Gasteiger partial charge is 0.291 e. The number of aryl methyl sites for hydroxylation is 1. The summed E-state index contributed by atoms with van der Waals surface area (Å²) in [6.45, 7) is 6.66. The molecule has 0 unspecified atom stereocenters. The van der Waals surface area contributed by atoms with Crippen LogP contribution in [0.25, 0.3) is 11.6 Å². The number of benzene rings is 1. The number of pyridine rings is 1. The maximum Gasteiger partial charge on any atom is 0.0814 e. The molecule has 27 heavy (non-hydrogen) atoms. The van der Waals surface area contributed by atoms with E-state index >= 15 is 0 Å². The molecule has 0 spiro atoms. The van der Waals surface area contributed by atoms with Crippen molar-refractivity contribution in [2.45, 2.75) is 45.6 Å². The van der Waals surface area contributed by atoms with Gasteiger partial charge in [0.2, 0.25) is 0 Å². The van der Waals surface area contributed by atoms with Gasteiger partial charge in [0, 0.05) is 24.4 Å². The molecule has 0 fully saturated rings. The molecular formula is C25H28N2. The Labute approximate surface area is 163 Å². The van der Waals surface area contributed by atoms with Gasteiger partial charge in [0.25, 0.3) is 0 Å². The molecule has 0 aliphatic carbocycles. The van der Waals surface area contributed by atoms with Gasteiger partial charge in [-0.05, 0) is 54.9 Å². The van der Waals surface area contributed by atoms with Gasteiger partial charge < -0.3 is 0 Å². The highest BCUT2D eigenvalue weighted by Crippen LogP contribution is 2.24. The minimum Gasteiger partial charge on any atom is -0.291 e. The van der Waals surface area contributed by atoms with Crippen LogP contribution in [-0.2, 0) is 13.0 Å². The Morgan fingerprint density at radius 1 is 1.19 bits per heavy atom. The Kier molecular flexibility index (Phi) is 6.92. The highest BCUT2D eigenvalue weighted by atomic mass is 14.8. The minimum absolute atomic E-state index is 0.634. The van der Waals surface area contributed by atoms with Gasteiger partial charge in [-0.15, -0.1) is 6.58 Å². The molecule has 2 heterocycles. The van der Waals surface area contributed by atoms with Crippen molar-refractivity contribution in [2.75, 3.05) is 0 Å². The SMILES string of the molecule is C=CCCc1c(C)cnc2c1C=CCC/C(c1ccccc1)=C\CC=NC2. The van der Waals surface area contributed by atoms with Crippen molar-refractivity contribution in [2.24, 2.45) is 4.99 Å². The second kappa shape index (κ2) is 9.82. The van der Waals surface area contributed by atoms with Crippen molar-refractivity contribution in [1.29, 1.82) is 0 Å². The molecular weight excluding hydrogens is 328 g/mol. The third-order valence-electron chi connectivity index (χ3n) is 4.97. The van der Waals surface area contributed by atoms with Crippen LogP contribution in [0, 0.1) is 6.92 Å². The van der Waals surface area contributed by atoms with Crippen LogP contribution in [0.15, 0.2) is 66.3 Å². The fourth-order valence-corrected chi connectivity index (χ4v) is 3.49. The zero-order valence-corrected chi connectivity index (χ0v) is 16.2. The highest BCUT2D eigenvalue weighted by Gasteiger charge is 2.10. The van der Waals surface area contributed by atoms with Crippen LogP contribution < -0.4 is 0 Å². The van der Waals surface area contributed by atoms with Crippen molar-refractivity contribution in [3.05, 3.63) is 89.3 Å². The van der Waals surface area contributed by atoms with Gasteiger partial charge in [-0.1, -0.05) is 54.6 Å². The molecule has 0 saturated carbocycles. The molecule has 0 bridgehead atoms. The topological polar surface area (TPSA) is 25.2 Å². The summed E-state index contributed by atoms with van der Waals surface area (Å²) in [6.07, 6.45) is 17.7. The fraction of sp³-hybridized carbons (Fsp3) is 0.280. The summed E-state index contributed by atoms with van der Waals surface area (Å²) in [5.74, 6) is 0. The number of nitrogens with zero attached hydrogens (tertiary/aromatic N) is 2. The molecule has 138 valence electrons. The maximum absolute atomic E-state index is 4.67. The van der Waals surface area contributed by atoms with Gasteiger partial charge in [-0.25, -0.2) is 0 Å². The average molecular weight is 357 g/mol. The summed E-state index contributed by atoms with van der Waals surface area (Å²) in [5, 5.41) is 0. The second-order valence-corrected chi connectivity index (χ2v) is 6.90. The Balaban J connectivity index is 1.89. The van der Waals surface area contributed by atoms with Gasteiger partial charge in [-0.3, -0.25) is 9.98 Å². The second-order valence-electron chi connectivity index (χ2n) is 6.90. The highest BCUT2D eigenvalue weighted by molar-refractivity contribution is 5.71. The van der Waals surface area contributed by atoms with E-state index < -0.39 is 0 Å². The number of aliphatic imine (C=N–C) groups is 1. The smallest absolute Gasteiger partial charge is 0.0814 e. The van der Waals surface area contributed by atoms with Gasteiger partial charge in [0.15, 0.2) is 0 Å². The first-order valence-electron chi connectivity index (χ1n) is 9.77. The van der Waals surface area contributed by atoms with Crippen LogP contribution in [0.2, 0.25) is 0 Å². The summed E-state index contributed by atoms with van der Waals surface area (Å²) in [6, 6.07) is 10.7. The number of hydrogen-bond donors (Lipinski definition) is 0. The molecule has 0 N–H and O–H groups in total. The lowest BCUT2D eigenvalue weighted by atomic mass is 9.95. The van der Waals surface area contributed by atoms with Crippen molar-refractivity contribution in [3.8, 4) is 0 Å². The lowest BCUT2D eigenvalue weighted by Gasteiger charge is -2.13. The maximum atomic E-state index is 4.67. The van der Waals surface area contributed by atoms with Gasteiger partial charge in [0.05, 0.1) is 12.2 Å². The molecule has 1 aromatic heterocycles. The molecule has 1 aliphatic heterocycles. The Morgan fingerprint density at radius 2 is 2.04 bits per heavy atom. The van der Waals surface area contributed by atoms with Crippen LogP contribution in [-0.4, -0.2) is 11.2 Å². The molecule has 3 rings (SSSR count). The van der Waals surface area contributed by atoms with E-state index in [0.717, 1.165) is 37.8 Å². The standard InChI is InChI=1S/C25H28N2/c1-3-4-15-23-20(2)18-27-25-19-26-17-10-14-22(13-8-9-16-24(23)25)21-11-6-5-7-12-21/h3,5-7,9,11-12,14,16-18H,1,4,8,10,13,15,19H2,2H3/b16-9?,22-14+,26-17?. The van der Waals surface area contributed by atoms with Gasteiger partial charge >= 0.3 is 0 Å². The summed E-state index contributed by atoms with van der Waals surface area (Å²) < 4.78 is 0. The molecule has 0 amide bonds. The molecule has 0 atom stereocenters. The van der Waals surface area contributed by atoms with Crippen LogP contribution in [0.1, 0.15) is 53.6 Å². The zero-order chi connectivity index (χ0) is 18.9. The van der Waals surface area contributed by atoms with E-state index in [1.807, 2.05) is 18.5 Å². The van der Waals surface area contributed by atoms with Crippen molar-refractivity contribution in [1.82, 2.24) is 4.98 Å². The fourth-order valence-electron chi connectivity index (χ4n) is 3.49. The molecule has 1 aliphatic rings. The lowest BCUT2D eigenvalue weighted by Crippen LogP contribution is -2.02. The number of allylic oxidation sites excluding steroid dienone is 4. The molecule has 2 nitrogen and oxygen atoms in total. The molecule has 0 radical (unpaired) electrons. The zero-order valence-electron chi connectivity index (χ0n) is 16.2. The van der Waals surface area contributed by atoms with E-state index in [4.69, 9.17) is 0 Å². The van der Waals surface area contributed by atoms with Crippen LogP contribution >= 0.6 is 0 Å². The van der Waals surface area contributed by atoms with Crippen LogP contribution in [0.3, 0.4) is 0 Å². The van der Waals surface area contributed by atoms with E-state index in [2.05, 4.69) is 72.0 Å². The van der Waals surface area contributed by atoms with E-state index in [1.165, 1.54) is 27.8 Å². The number of hydrogen-bond acceptors (Lipinski definition) is 2. The number of fused-ring (bicyclic) bond motifs is 1. The Morgan fingerprint density at radius 3 is 2.85 bits per heavy atom. The Bertz CT molecular complexity index is 857. The summed E-state index contributed by atoms with van der Waals surface area (Å²) in [4.78, 5) is 9.31. The molecule has 1 aromatic carbocycles.